The Labute approximate surface area is 178 Å². The average Bonchev–Trinajstić information content (AvgIpc) is 3.09. The van der Waals surface area contributed by atoms with Crippen molar-refractivity contribution in [1.82, 2.24) is 5.16 Å². The van der Waals surface area contributed by atoms with Crippen LogP contribution in [0, 0.1) is 0 Å². The number of benzene rings is 2. The Morgan fingerprint density at radius 2 is 1.43 bits per heavy atom. The van der Waals surface area contributed by atoms with E-state index in [1.807, 2.05) is 0 Å². The van der Waals surface area contributed by atoms with Gasteiger partial charge < -0.3 is 0 Å². The maximum Gasteiger partial charge on any atom is 0.330 e. The molecule has 0 N–H and O–H groups in total. The first kappa shape index (κ1) is 20.6. The molecule has 0 spiro atoms. The van der Waals surface area contributed by atoms with Crippen molar-refractivity contribution in [2.75, 3.05) is 7.11 Å². The van der Waals surface area contributed by atoms with Gasteiger partial charge in [-0.2, -0.15) is 0 Å². The zero-order chi connectivity index (χ0) is 20.4. The molecule has 1 aromatic heterocycles. The van der Waals surface area contributed by atoms with E-state index in [4.69, 9.17) is 56.0 Å². The summed E-state index contributed by atoms with van der Waals surface area (Å²) in [5.74, 6) is -1.32. The molecule has 0 saturated heterocycles. The van der Waals surface area contributed by atoms with E-state index >= 15 is 0 Å². The lowest BCUT2D eigenvalue weighted by molar-refractivity contribution is -1.07. The molecule has 0 saturated carbocycles. The Bertz CT molecular complexity index is 1080. The van der Waals surface area contributed by atoms with E-state index in [2.05, 4.69) is 10.0 Å². The predicted molar refractivity (Wildman–Crippen MR) is 100 cm³/mol. The number of halogens is 4. The lowest BCUT2D eigenvalue weighted by atomic mass is 10.0. The SMILES string of the molecule is COO[n+]1onc(C(=O)c2ccc(Cl)c(Cl)c2)c1C(=O)c1ccc(Cl)c(Cl)c1. The summed E-state index contributed by atoms with van der Waals surface area (Å²) in [5.41, 5.74) is -0.396. The monoisotopic (exact) mass is 461 g/mol. The van der Waals surface area contributed by atoms with Crippen molar-refractivity contribution in [2.45, 2.75) is 0 Å². The summed E-state index contributed by atoms with van der Waals surface area (Å²) in [6.45, 7) is 0. The van der Waals surface area contributed by atoms with Crippen LogP contribution in [0.4, 0.5) is 0 Å². The summed E-state index contributed by atoms with van der Waals surface area (Å²) in [5, 5.41) is 4.47. The smallest absolute Gasteiger partial charge is 0.284 e. The lowest BCUT2D eigenvalue weighted by Gasteiger charge is -2.01. The van der Waals surface area contributed by atoms with Gasteiger partial charge in [0, 0.05) is 11.1 Å². The molecular weight excluding hydrogens is 454 g/mol. The molecule has 0 bridgehead atoms. The molecule has 7 nitrogen and oxygen atoms in total. The minimum absolute atomic E-state index is 0.120. The Balaban J connectivity index is 2.10. The molecule has 144 valence electrons. The number of carbonyl (C=O) groups is 2. The molecule has 3 rings (SSSR count). The van der Waals surface area contributed by atoms with Crippen molar-refractivity contribution in [2.24, 2.45) is 0 Å². The molecule has 11 heteroatoms. The molecule has 0 aliphatic rings. The average molecular weight is 463 g/mol. The van der Waals surface area contributed by atoms with Crippen LogP contribution in [0.25, 0.3) is 0 Å². The van der Waals surface area contributed by atoms with Gasteiger partial charge in [-0.05, 0) is 41.0 Å². The van der Waals surface area contributed by atoms with E-state index in [1.165, 1.54) is 43.5 Å². The summed E-state index contributed by atoms with van der Waals surface area (Å²) in [6.07, 6.45) is 0. The van der Waals surface area contributed by atoms with Crippen LogP contribution in [0.1, 0.15) is 32.1 Å². The fourth-order valence-corrected chi connectivity index (χ4v) is 2.85. The largest absolute Gasteiger partial charge is 0.330 e. The van der Waals surface area contributed by atoms with Gasteiger partial charge in [0.2, 0.25) is 11.6 Å². The van der Waals surface area contributed by atoms with Gasteiger partial charge in [-0.1, -0.05) is 46.4 Å². The molecule has 1 heterocycles. The summed E-state index contributed by atoms with van der Waals surface area (Å²) in [7, 11) is 1.18. The fraction of sp³-hybridized carbons (Fsp3) is 0.0588. The number of hydrogen-bond donors (Lipinski definition) is 0. The summed E-state index contributed by atoms with van der Waals surface area (Å²) in [6, 6.07) is 8.41. The first-order chi connectivity index (χ1) is 13.3. The van der Waals surface area contributed by atoms with Gasteiger partial charge in [0.05, 0.1) is 27.2 Å². The maximum absolute atomic E-state index is 13.0. The van der Waals surface area contributed by atoms with Gasteiger partial charge in [0.1, 0.15) is 0 Å². The van der Waals surface area contributed by atoms with Crippen LogP contribution in [0.5, 0.6) is 0 Å². The quantitative estimate of drug-likeness (QED) is 0.312. The van der Waals surface area contributed by atoms with E-state index in [0.717, 1.165) is 0 Å². The van der Waals surface area contributed by atoms with Crippen LogP contribution in [-0.4, -0.2) is 23.8 Å². The van der Waals surface area contributed by atoms with Crippen LogP contribution in [0.15, 0.2) is 41.0 Å². The fourth-order valence-electron chi connectivity index (χ4n) is 2.25. The number of hydrogen-bond acceptors (Lipinski definition) is 6. The molecule has 0 atom stereocenters. The van der Waals surface area contributed by atoms with Gasteiger partial charge in [0.25, 0.3) is 0 Å². The van der Waals surface area contributed by atoms with Crippen molar-refractivity contribution in [3.8, 4) is 0 Å². The van der Waals surface area contributed by atoms with Gasteiger partial charge >= 0.3 is 11.4 Å². The highest BCUT2D eigenvalue weighted by Crippen LogP contribution is 2.26. The summed E-state index contributed by atoms with van der Waals surface area (Å²) < 4.78 is 4.89. The van der Waals surface area contributed by atoms with E-state index in [9.17, 15) is 9.59 Å². The highest BCUT2D eigenvalue weighted by Gasteiger charge is 2.39. The minimum Gasteiger partial charge on any atom is -0.284 e. The third-order valence-electron chi connectivity index (χ3n) is 3.55. The number of aromatic nitrogens is 2. The Kier molecular flexibility index (Phi) is 6.22. The number of carbonyl (C=O) groups excluding carboxylic acids is 2. The molecule has 0 radical (unpaired) electrons. The summed E-state index contributed by atoms with van der Waals surface area (Å²) >= 11 is 23.7. The normalized spacial score (nSPS) is 10.8. The number of ketones is 2. The highest BCUT2D eigenvalue weighted by molar-refractivity contribution is 6.43. The molecule has 0 aliphatic heterocycles. The molecule has 0 fully saturated rings. The van der Waals surface area contributed by atoms with Crippen LogP contribution in [0.2, 0.25) is 20.1 Å². The van der Waals surface area contributed by atoms with E-state index in [0.29, 0.717) is 4.90 Å². The van der Waals surface area contributed by atoms with E-state index < -0.39 is 11.6 Å². The van der Waals surface area contributed by atoms with Crippen LogP contribution >= 0.6 is 46.4 Å². The Morgan fingerprint density at radius 3 is 1.93 bits per heavy atom. The first-order valence-electron chi connectivity index (χ1n) is 7.46. The summed E-state index contributed by atoms with van der Waals surface area (Å²) in [4.78, 5) is 35.7. The zero-order valence-electron chi connectivity index (χ0n) is 13.9. The molecule has 0 aliphatic carbocycles. The van der Waals surface area contributed by atoms with E-state index in [-0.39, 0.29) is 42.6 Å². The molecule has 0 amide bonds. The van der Waals surface area contributed by atoms with Gasteiger partial charge in [-0.15, -0.1) is 9.88 Å². The Hall–Kier alpha value is -2.16. The number of rotatable bonds is 6. The van der Waals surface area contributed by atoms with Gasteiger partial charge in [0.15, 0.2) is 10.1 Å². The van der Waals surface area contributed by atoms with Crippen molar-refractivity contribution in [3.63, 3.8) is 0 Å². The third kappa shape index (κ3) is 3.99. The predicted octanol–water partition coefficient (Wildman–Crippen LogP) is 4.03. The third-order valence-corrected chi connectivity index (χ3v) is 5.03. The molecule has 3 aromatic rings. The van der Waals surface area contributed by atoms with E-state index in [1.54, 1.807) is 0 Å². The highest BCUT2D eigenvalue weighted by atomic mass is 35.5. The maximum atomic E-state index is 13.0. The second-order valence-electron chi connectivity index (χ2n) is 5.28. The second kappa shape index (κ2) is 8.46. The van der Waals surface area contributed by atoms with Crippen molar-refractivity contribution < 1.29 is 29.0 Å². The molecule has 0 unspecified atom stereocenters. The zero-order valence-corrected chi connectivity index (χ0v) is 16.9. The second-order valence-corrected chi connectivity index (χ2v) is 6.91. The first-order valence-corrected chi connectivity index (χ1v) is 8.97. The van der Waals surface area contributed by atoms with Crippen molar-refractivity contribution >= 4 is 58.0 Å². The minimum atomic E-state index is -0.666. The van der Waals surface area contributed by atoms with Crippen molar-refractivity contribution in [1.29, 1.82) is 0 Å². The van der Waals surface area contributed by atoms with Gasteiger partial charge in [-0.3, -0.25) is 9.59 Å². The standard InChI is InChI=1S/C17H9Cl4N2O5/c1-26-28-23-15(17(25)9-3-5-11(19)13(21)7-9)14(22-27-23)16(24)8-2-4-10(18)12(20)6-8/h2-7H,1H3/q+1. The van der Waals surface area contributed by atoms with Gasteiger partial charge in [-0.25, -0.2) is 0 Å². The topological polar surface area (TPSA) is 82.5 Å². The lowest BCUT2D eigenvalue weighted by Crippen LogP contribution is -2.46. The van der Waals surface area contributed by atoms with Crippen LogP contribution in [0.3, 0.4) is 0 Å². The van der Waals surface area contributed by atoms with Crippen LogP contribution < -0.4 is 9.89 Å². The molecule has 2 aromatic carbocycles. The van der Waals surface area contributed by atoms with Crippen LogP contribution in [-0.2, 0) is 4.89 Å². The van der Waals surface area contributed by atoms with Crippen molar-refractivity contribution in [3.05, 3.63) is 79.0 Å². The molecular formula is C17H9Cl4N2O5+. The number of nitrogens with zero attached hydrogens (tertiary/aromatic N) is 2. The Morgan fingerprint density at radius 1 is 0.893 bits per heavy atom. The molecule has 28 heavy (non-hydrogen) atoms.